The number of methoxy groups -OCH3 is 1. The minimum atomic E-state index is 0.757. The number of rotatable bonds is 9. The van der Waals surface area contributed by atoms with Gasteiger partial charge >= 0.3 is 0 Å². The second-order valence-electron chi connectivity index (χ2n) is 6.69. The Morgan fingerprint density at radius 2 is 2.00 bits per heavy atom. The van der Waals surface area contributed by atoms with E-state index in [-0.39, 0.29) is 0 Å². The predicted molar refractivity (Wildman–Crippen MR) is 94.5 cm³/mol. The van der Waals surface area contributed by atoms with Crippen LogP contribution >= 0.6 is 0 Å². The molecule has 0 bridgehead atoms. The highest BCUT2D eigenvalue weighted by Crippen LogP contribution is 2.15. The van der Waals surface area contributed by atoms with Gasteiger partial charge in [0.2, 0.25) is 0 Å². The first-order valence-electron chi connectivity index (χ1n) is 8.81. The van der Waals surface area contributed by atoms with E-state index in [9.17, 15) is 0 Å². The molecule has 1 aliphatic heterocycles. The average molecular weight is 313 g/mol. The molecular weight excluding hydrogens is 276 g/mol. The molecular formula is C17H36N4O. The Kier molecular flexibility index (Phi) is 10.2. The van der Waals surface area contributed by atoms with E-state index in [1.165, 1.54) is 38.8 Å². The van der Waals surface area contributed by atoms with Crippen LogP contribution in [0.15, 0.2) is 4.99 Å². The van der Waals surface area contributed by atoms with Crippen molar-refractivity contribution in [1.82, 2.24) is 15.5 Å². The molecule has 22 heavy (non-hydrogen) atoms. The van der Waals surface area contributed by atoms with Crippen LogP contribution in [0.4, 0.5) is 0 Å². The first-order valence-corrected chi connectivity index (χ1v) is 8.81. The summed E-state index contributed by atoms with van der Waals surface area (Å²) in [7, 11) is 3.63. The smallest absolute Gasteiger partial charge is 0.190 e. The topological polar surface area (TPSA) is 48.9 Å². The molecule has 0 aliphatic carbocycles. The fourth-order valence-electron chi connectivity index (χ4n) is 2.81. The number of aliphatic imine (C=N–C) groups is 1. The Bertz CT molecular complexity index is 299. The molecule has 2 N–H and O–H groups in total. The SMILES string of the molecule is CN=C(NCCCC(C)C)NCC1CCN(CCOC)CC1. The molecule has 1 rings (SSSR count). The molecule has 0 unspecified atom stereocenters. The van der Waals surface area contributed by atoms with Crippen molar-refractivity contribution in [2.24, 2.45) is 16.8 Å². The largest absolute Gasteiger partial charge is 0.383 e. The van der Waals surface area contributed by atoms with Crippen molar-refractivity contribution >= 4 is 5.96 Å². The lowest BCUT2D eigenvalue weighted by atomic mass is 9.97. The van der Waals surface area contributed by atoms with Crippen LogP contribution in [0.2, 0.25) is 0 Å². The van der Waals surface area contributed by atoms with Gasteiger partial charge in [0.05, 0.1) is 6.61 Å². The minimum absolute atomic E-state index is 0.757. The zero-order valence-corrected chi connectivity index (χ0v) is 15.0. The minimum Gasteiger partial charge on any atom is -0.383 e. The van der Waals surface area contributed by atoms with Gasteiger partial charge in [0.25, 0.3) is 0 Å². The lowest BCUT2D eigenvalue weighted by molar-refractivity contribution is 0.121. The Morgan fingerprint density at radius 3 is 2.59 bits per heavy atom. The first kappa shape index (κ1) is 19.2. The van der Waals surface area contributed by atoms with Crippen LogP contribution in [0.25, 0.3) is 0 Å². The van der Waals surface area contributed by atoms with Crippen molar-refractivity contribution in [3.63, 3.8) is 0 Å². The van der Waals surface area contributed by atoms with Gasteiger partial charge in [-0.1, -0.05) is 13.8 Å². The highest BCUT2D eigenvalue weighted by atomic mass is 16.5. The van der Waals surface area contributed by atoms with Gasteiger partial charge in [-0.2, -0.15) is 0 Å². The molecule has 130 valence electrons. The van der Waals surface area contributed by atoms with Gasteiger partial charge < -0.3 is 20.3 Å². The van der Waals surface area contributed by atoms with Gasteiger partial charge in [-0.05, 0) is 50.6 Å². The molecule has 5 nitrogen and oxygen atoms in total. The highest BCUT2D eigenvalue weighted by Gasteiger charge is 2.18. The van der Waals surface area contributed by atoms with E-state index in [0.29, 0.717) is 0 Å². The van der Waals surface area contributed by atoms with E-state index < -0.39 is 0 Å². The van der Waals surface area contributed by atoms with Gasteiger partial charge in [-0.3, -0.25) is 4.99 Å². The predicted octanol–water partition coefficient (Wildman–Crippen LogP) is 1.95. The van der Waals surface area contributed by atoms with E-state index in [2.05, 4.69) is 34.4 Å². The molecule has 0 saturated carbocycles. The summed E-state index contributed by atoms with van der Waals surface area (Å²) >= 11 is 0. The highest BCUT2D eigenvalue weighted by molar-refractivity contribution is 5.79. The van der Waals surface area contributed by atoms with E-state index in [1.807, 2.05) is 7.05 Å². The van der Waals surface area contributed by atoms with Crippen LogP contribution in [0.5, 0.6) is 0 Å². The molecule has 1 saturated heterocycles. The second-order valence-corrected chi connectivity index (χ2v) is 6.69. The molecule has 5 heteroatoms. The van der Waals surface area contributed by atoms with Crippen LogP contribution in [0.3, 0.4) is 0 Å². The Hall–Kier alpha value is -0.810. The van der Waals surface area contributed by atoms with Crippen molar-refractivity contribution in [3.05, 3.63) is 0 Å². The summed E-state index contributed by atoms with van der Waals surface area (Å²) in [5.74, 6) is 2.48. The molecule has 1 fully saturated rings. The fourth-order valence-corrected chi connectivity index (χ4v) is 2.81. The maximum Gasteiger partial charge on any atom is 0.190 e. The third-order valence-electron chi connectivity index (χ3n) is 4.35. The molecule has 0 aromatic carbocycles. The lowest BCUT2D eigenvalue weighted by Crippen LogP contribution is -2.43. The van der Waals surface area contributed by atoms with Crippen LogP contribution in [0, 0.1) is 11.8 Å². The van der Waals surface area contributed by atoms with Crippen molar-refractivity contribution < 1.29 is 4.74 Å². The zero-order valence-electron chi connectivity index (χ0n) is 15.0. The van der Waals surface area contributed by atoms with E-state index in [4.69, 9.17) is 4.74 Å². The molecule has 1 heterocycles. The Balaban J connectivity index is 2.11. The number of nitrogens with one attached hydrogen (secondary N) is 2. The maximum atomic E-state index is 5.15. The van der Waals surface area contributed by atoms with Gasteiger partial charge in [0, 0.05) is 33.8 Å². The summed E-state index contributed by atoms with van der Waals surface area (Å²) in [6.07, 6.45) is 5.00. The molecule has 0 aromatic heterocycles. The summed E-state index contributed by atoms with van der Waals surface area (Å²) < 4.78 is 5.15. The molecule has 0 radical (unpaired) electrons. The number of ether oxygens (including phenoxy) is 1. The van der Waals surface area contributed by atoms with Crippen molar-refractivity contribution in [2.75, 3.05) is 53.5 Å². The number of likely N-dealkylation sites (tertiary alicyclic amines) is 1. The van der Waals surface area contributed by atoms with Crippen LogP contribution in [0.1, 0.15) is 39.5 Å². The summed E-state index contributed by atoms with van der Waals surface area (Å²) in [5.41, 5.74) is 0. The number of nitrogens with zero attached hydrogens (tertiary/aromatic N) is 2. The zero-order chi connectivity index (χ0) is 16.2. The quantitative estimate of drug-likeness (QED) is 0.388. The van der Waals surface area contributed by atoms with Gasteiger partial charge in [0.15, 0.2) is 5.96 Å². The third kappa shape index (κ3) is 8.59. The second kappa shape index (κ2) is 11.7. The Labute approximate surface area is 136 Å². The average Bonchev–Trinajstić information content (AvgIpc) is 2.53. The molecule has 0 aromatic rings. The summed E-state index contributed by atoms with van der Waals surface area (Å²) in [6.45, 7) is 10.9. The van der Waals surface area contributed by atoms with E-state index >= 15 is 0 Å². The van der Waals surface area contributed by atoms with E-state index in [1.54, 1.807) is 7.11 Å². The van der Waals surface area contributed by atoms with Gasteiger partial charge in [-0.15, -0.1) is 0 Å². The van der Waals surface area contributed by atoms with Crippen molar-refractivity contribution in [3.8, 4) is 0 Å². The number of guanidine groups is 1. The van der Waals surface area contributed by atoms with Crippen molar-refractivity contribution in [2.45, 2.75) is 39.5 Å². The van der Waals surface area contributed by atoms with E-state index in [0.717, 1.165) is 44.0 Å². The fraction of sp³-hybridized carbons (Fsp3) is 0.941. The van der Waals surface area contributed by atoms with Crippen LogP contribution in [-0.2, 0) is 4.74 Å². The number of hydrogen-bond acceptors (Lipinski definition) is 3. The number of piperidine rings is 1. The lowest BCUT2D eigenvalue weighted by Gasteiger charge is -2.32. The molecule has 0 atom stereocenters. The molecule has 0 amide bonds. The summed E-state index contributed by atoms with van der Waals surface area (Å²) in [6, 6.07) is 0. The summed E-state index contributed by atoms with van der Waals surface area (Å²) in [4.78, 5) is 6.81. The summed E-state index contributed by atoms with van der Waals surface area (Å²) in [5, 5.41) is 6.89. The monoisotopic (exact) mass is 312 g/mol. The van der Waals surface area contributed by atoms with Crippen LogP contribution < -0.4 is 10.6 Å². The standard InChI is InChI=1S/C17H36N4O/c1-15(2)6-5-9-19-17(18-3)20-14-16-7-10-21(11-8-16)12-13-22-4/h15-16H,5-14H2,1-4H3,(H2,18,19,20). The molecule has 0 spiro atoms. The molecule has 1 aliphatic rings. The Morgan fingerprint density at radius 1 is 1.27 bits per heavy atom. The van der Waals surface area contributed by atoms with Crippen LogP contribution in [-0.4, -0.2) is 64.3 Å². The third-order valence-corrected chi connectivity index (χ3v) is 4.35. The first-order chi connectivity index (χ1) is 10.7. The normalized spacial score (nSPS) is 18.0. The van der Waals surface area contributed by atoms with Gasteiger partial charge in [-0.25, -0.2) is 0 Å². The number of hydrogen-bond donors (Lipinski definition) is 2. The maximum absolute atomic E-state index is 5.15. The van der Waals surface area contributed by atoms with Gasteiger partial charge in [0.1, 0.15) is 0 Å². The van der Waals surface area contributed by atoms with Crippen molar-refractivity contribution in [1.29, 1.82) is 0 Å².